The molecule has 0 aliphatic heterocycles. The van der Waals surface area contributed by atoms with Gasteiger partial charge in [0.05, 0.1) is 11.4 Å². The molecule has 0 aliphatic carbocycles. The third-order valence-corrected chi connectivity index (χ3v) is 4.57. The molecule has 1 aromatic heterocycles. The number of rotatable bonds is 6. The Bertz CT molecular complexity index is 538. The molecular formula is C16H20ClNOS. The fourth-order valence-electron chi connectivity index (χ4n) is 2.23. The molecule has 1 heterocycles. The molecule has 2 unspecified atom stereocenters. The molecule has 2 atom stereocenters. The summed E-state index contributed by atoms with van der Waals surface area (Å²) in [5, 5.41) is 5.77. The second kappa shape index (κ2) is 7.11. The Labute approximate surface area is 129 Å². The maximum atomic E-state index is 6.00. The summed E-state index contributed by atoms with van der Waals surface area (Å²) < 4.78 is 6.04. The quantitative estimate of drug-likeness (QED) is 0.790. The van der Waals surface area contributed by atoms with E-state index in [1.807, 2.05) is 18.2 Å². The first-order valence-electron chi connectivity index (χ1n) is 6.78. The van der Waals surface area contributed by atoms with Gasteiger partial charge in [0.1, 0.15) is 5.75 Å². The molecule has 0 saturated carbocycles. The highest BCUT2D eigenvalue weighted by atomic mass is 35.5. The van der Waals surface area contributed by atoms with Gasteiger partial charge in [-0.15, -0.1) is 11.3 Å². The van der Waals surface area contributed by atoms with E-state index in [1.165, 1.54) is 11.1 Å². The van der Waals surface area contributed by atoms with Gasteiger partial charge in [0.25, 0.3) is 0 Å². The monoisotopic (exact) mass is 309 g/mol. The third kappa shape index (κ3) is 3.75. The predicted molar refractivity (Wildman–Crippen MR) is 86.9 cm³/mol. The minimum Gasteiger partial charge on any atom is -0.497 e. The molecule has 0 amide bonds. The first-order valence-corrected chi connectivity index (χ1v) is 8.03. The minimum absolute atomic E-state index is 0.283. The lowest BCUT2D eigenvalue weighted by molar-refractivity contribution is 0.413. The van der Waals surface area contributed by atoms with Gasteiger partial charge in [0, 0.05) is 12.1 Å². The van der Waals surface area contributed by atoms with E-state index in [-0.39, 0.29) is 6.04 Å². The van der Waals surface area contributed by atoms with Crippen molar-refractivity contribution in [1.29, 1.82) is 0 Å². The van der Waals surface area contributed by atoms with Crippen LogP contribution in [0, 0.1) is 0 Å². The summed E-state index contributed by atoms with van der Waals surface area (Å²) in [6.45, 7) is 4.36. The van der Waals surface area contributed by atoms with E-state index < -0.39 is 0 Å². The number of nitrogens with one attached hydrogen (secondary N) is 1. The van der Waals surface area contributed by atoms with Crippen molar-refractivity contribution in [2.24, 2.45) is 0 Å². The Morgan fingerprint density at radius 3 is 2.45 bits per heavy atom. The second-order valence-electron chi connectivity index (χ2n) is 4.81. The summed E-state index contributed by atoms with van der Waals surface area (Å²) in [6, 6.07) is 10.9. The molecule has 0 bridgehead atoms. The summed E-state index contributed by atoms with van der Waals surface area (Å²) in [5.74, 6) is 0.890. The molecular weight excluding hydrogens is 290 g/mol. The van der Waals surface area contributed by atoms with E-state index >= 15 is 0 Å². The van der Waals surface area contributed by atoms with Gasteiger partial charge in [0.15, 0.2) is 0 Å². The minimum atomic E-state index is 0.283. The van der Waals surface area contributed by atoms with Gasteiger partial charge in [-0.05, 0) is 48.1 Å². The second-order valence-corrected chi connectivity index (χ2v) is 6.35. The first kappa shape index (κ1) is 15.4. The van der Waals surface area contributed by atoms with Crippen molar-refractivity contribution >= 4 is 22.9 Å². The van der Waals surface area contributed by atoms with Gasteiger partial charge in [-0.25, -0.2) is 0 Å². The molecule has 1 N–H and O–H groups in total. The fourth-order valence-corrected chi connectivity index (χ4v) is 3.22. The van der Waals surface area contributed by atoms with E-state index in [0.717, 1.165) is 16.5 Å². The Hall–Kier alpha value is -1.03. The molecule has 0 radical (unpaired) electrons. The molecule has 4 heteroatoms. The highest BCUT2D eigenvalue weighted by molar-refractivity contribution is 7.14. The summed E-state index contributed by atoms with van der Waals surface area (Å²) >= 11 is 7.58. The fraction of sp³-hybridized carbons (Fsp3) is 0.375. The zero-order chi connectivity index (χ0) is 14.5. The number of methoxy groups -OCH3 is 1. The van der Waals surface area contributed by atoms with Gasteiger partial charge in [-0.1, -0.05) is 30.7 Å². The zero-order valence-corrected chi connectivity index (χ0v) is 13.6. The topological polar surface area (TPSA) is 21.3 Å². The molecule has 20 heavy (non-hydrogen) atoms. The van der Waals surface area contributed by atoms with E-state index in [0.29, 0.717) is 6.04 Å². The highest BCUT2D eigenvalue weighted by Crippen LogP contribution is 2.28. The van der Waals surface area contributed by atoms with Crippen molar-refractivity contribution in [1.82, 2.24) is 5.32 Å². The van der Waals surface area contributed by atoms with E-state index in [9.17, 15) is 0 Å². The maximum Gasteiger partial charge on any atom is 0.118 e. The number of hydrogen-bond donors (Lipinski definition) is 1. The van der Waals surface area contributed by atoms with Crippen LogP contribution in [0.25, 0.3) is 0 Å². The van der Waals surface area contributed by atoms with E-state index in [1.54, 1.807) is 18.4 Å². The summed E-state index contributed by atoms with van der Waals surface area (Å²) in [5.41, 5.74) is 2.52. The van der Waals surface area contributed by atoms with Crippen LogP contribution in [0.3, 0.4) is 0 Å². The molecule has 2 rings (SSSR count). The Morgan fingerprint density at radius 2 is 1.95 bits per heavy atom. The number of hydrogen-bond acceptors (Lipinski definition) is 3. The van der Waals surface area contributed by atoms with Crippen LogP contribution >= 0.6 is 22.9 Å². The van der Waals surface area contributed by atoms with Crippen molar-refractivity contribution in [3.05, 3.63) is 51.2 Å². The highest BCUT2D eigenvalue weighted by Gasteiger charge is 2.14. The van der Waals surface area contributed by atoms with Crippen LogP contribution in [0.5, 0.6) is 5.75 Å². The number of ether oxygens (including phenoxy) is 1. The van der Waals surface area contributed by atoms with Gasteiger partial charge < -0.3 is 10.1 Å². The van der Waals surface area contributed by atoms with Crippen LogP contribution < -0.4 is 10.1 Å². The van der Waals surface area contributed by atoms with Gasteiger partial charge >= 0.3 is 0 Å². The van der Waals surface area contributed by atoms with Crippen LogP contribution in [-0.2, 0) is 0 Å². The van der Waals surface area contributed by atoms with Crippen molar-refractivity contribution in [3.63, 3.8) is 0 Å². The third-order valence-electron chi connectivity index (χ3n) is 3.47. The maximum absolute atomic E-state index is 6.00. The summed E-state index contributed by atoms with van der Waals surface area (Å²) in [4.78, 5) is 0. The number of thiophene rings is 1. The molecule has 1 aromatic carbocycles. The Balaban J connectivity index is 2.07. The van der Waals surface area contributed by atoms with Gasteiger partial charge in [-0.3, -0.25) is 0 Å². The molecule has 108 valence electrons. The molecule has 0 fully saturated rings. The average molecular weight is 310 g/mol. The van der Waals surface area contributed by atoms with E-state index in [4.69, 9.17) is 16.3 Å². The standard InChI is InChI=1S/C16H20ClNOS/c1-4-15(12-5-7-14(19-3)8-6-12)18-11(2)13-9-16(17)20-10-13/h5-11,15,18H,4H2,1-3H3. The average Bonchev–Trinajstić information content (AvgIpc) is 2.91. The van der Waals surface area contributed by atoms with Crippen LogP contribution in [0.2, 0.25) is 4.34 Å². The van der Waals surface area contributed by atoms with Crippen LogP contribution in [0.15, 0.2) is 35.7 Å². The van der Waals surface area contributed by atoms with E-state index in [2.05, 4.69) is 36.7 Å². The van der Waals surface area contributed by atoms with Crippen LogP contribution in [-0.4, -0.2) is 7.11 Å². The van der Waals surface area contributed by atoms with Gasteiger partial charge in [-0.2, -0.15) is 0 Å². The van der Waals surface area contributed by atoms with Crippen LogP contribution in [0.1, 0.15) is 43.5 Å². The van der Waals surface area contributed by atoms with Crippen molar-refractivity contribution in [3.8, 4) is 5.75 Å². The van der Waals surface area contributed by atoms with Crippen molar-refractivity contribution < 1.29 is 4.74 Å². The largest absolute Gasteiger partial charge is 0.497 e. The number of benzene rings is 1. The molecule has 0 saturated heterocycles. The van der Waals surface area contributed by atoms with Crippen molar-refractivity contribution in [2.45, 2.75) is 32.4 Å². The lowest BCUT2D eigenvalue weighted by Gasteiger charge is -2.22. The first-order chi connectivity index (χ1) is 9.63. The van der Waals surface area contributed by atoms with Crippen LogP contribution in [0.4, 0.5) is 0 Å². The summed E-state index contributed by atoms with van der Waals surface area (Å²) in [7, 11) is 1.69. The SMILES string of the molecule is CCC(NC(C)c1csc(Cl)c1)c1ccc(OC)cc1. The smallest absolute Gasteiger partial charge is 0.118 e. The molecule has 0 spiro atoms. The Morgan fingerprint density at radius 1 is 1.25 bits per heavy atom. The number of halogens is 1. The lowest BCUT2D eigenvalue weighted by Crippen LogP contribution is -2.23. The molecule has 2 aromatic rings. The Kier molecular flexibility index (Phi) is 5.46. The van der Waals surface area contributed by atoms with Gasteiger partial charge in [0.2, 0.25) is 0 Å². The molecule has 0 aliphatic rings. The predicted octanol–water partition coefficient (Wildman–Crippen LogP) is 5.21. The zero-order valence-electron chi connectivity index (χ0n) is 12.0. The molecule has 2 nitrogen and oxygen atoms in total. The summed E-state index contributed by atoms with van der Waals surface area (Å²) in [6.07, 6.45) is 1.04. The normalized spacial score (nSPS) is 14.0. The van der Waals surface area contributed by atoms with Crippen molar-refractivity contribution in [2.75, 3.05) is 7.11 Å². The lowest BCUT2D eigenvalue weighted by atomic mass is 10.0.